The van der Waals surface area contributed by atoms with Crippen LogP contribution in [-0.4, -0.2) is 47.5 Å². The molecule has 1 N–H and O–H groups in total. The van der Waals surface area contributed by atoms with E-state index in [-0.39, 0.29) is 5.91 Å². The zero-order valence-electron chi connectivity index (χ0n) is 13.1. The Morgan fingerprint density at radius 2 is 2.10 bits per heavy atom. The second-order valence-corrected chi connectivity index (χ2v) is 5.56. The predicted molar refractivity (Wildman–Crippen MR) is 85.3 cm³/mol. The van der Waals surface area contributed by atoms with Gasteiger partial charge in [0, 0.05) is 26.4 Å². The number of imidazole rings is 1. The number of benzene rings is 1. The van der Waals surface area contributed by atoms with Crippen molar-refractivity contribution in [2.45, 2.75) is 26.3 Å². The molecule has 2 rings (SSSR count). The number of para-hydroxylation sites is 2. The van der Waals surface area contributed by atoms with Crippen LogP contribution >= 0.6 is 0 Å². The molecule has 0 radical (unpaired) electrons. The fourth-order valence-electron chi connectivity index (χ4n) is 2.46. The summed E-state index contributed by atoms with van der Waals surface area (Å²) >= 11 is 0. The highest BCUT2D eigenvalue weighted by atomic mass is 16.1. The largest absolute Gasteiger partial charge is 0.356 e. The number of aromatic nitrogens is 2. The van der Waals surface area contributed by atoms with E-state index in [1.165, 1.54) is 5.52 Å². The van der Waals surface area contributed by atoms with E-state index in [9.17, 15) is 4.79 Å². The van der Waals surface area contributed by atoms with Crippen LogP contribution in [0.2, 0.25) is 0 Å². The van der Waals surface area contributed by atoms with Gasteiger partial charge in [0.15, 0.2) is 0 Å². The van der Waals surface area contributed by atoms with Crippen molar-refractivity contribution in [2.24, 2.45) is 0 Å². The molecule has 0 saturated heterocycles. The number of nitrogens with one attached hydrogen (secondary N) is 1. The fraction of sp³-hybridized carbons (Fsp3) is 0.500. The van der Waals surface area contributed by atoms with Gasteiger partial charge in [0.25, 0.3) is 0 Å². The monoisotopic (exact) mass is 288 g/mol. The number of nitrogens with zero attached hydrogens (tertiary/aromatic N) is 3. The summed E-state index contributed by atoms with van der Waals surface area (Å²) in [5, 5.41) is 2.84. The van der Waals surface area contributed by atoms with E-state index in [4.69, 9.17) is 4.98 Å². The quantitative estimate of drug-likeness (QED) is 0.843. The molecule has 2 aromatic rings. The summed E-state index contributed by atoms with van der Waals surface area (Å²) in [6, 6.07) is 8.21. The number of hydrogen-bond acceptors (Lipinski definition) is 3. The standard InChI is InChI=1S/C16H24N4O/c1-13(21)17-10-9-16-18-14-7-4-5-8-15(14)20(16)12-6-11-19(2)3/h4-5,7-8H,6,9-12H2,1-3H3,(H,17,21). The molecule has 1 aromatic heterocycles. The molecule has 5 heteroatoms. The van der Waals surface area contributed by atoms with Crippen LogP contribution in [0.1, 0.15) is 19.2 Å². The maximum absolute atomic E-state index is 11.0. The van der Waals surface area contributed by atoms with Crippen molar-refractivity contribution in [1.29, 1.82) is 0 Å². The van der Waals surface area contributed by atoms with Crippen molar-refractivity contribution in [3.8, 4) is 0 Å². The molecule has 0 aliphatic rings. The van der Waals surface area contributed by atoms with Gasteiger partial charge in [-0.15, -0.1) is 0 Å². The van der Waals surface area contributed by atoms with E-state index in [1.54, 1.807) is 6.92 Å². The van der Waals surface area contributed by atoms with E-state index < -0.39 is 0 Å². The van der Waals surface area contributed by atoms with Crippen molar-refractivity contribution in [2.75, 3.05) is 27.2 Å². The third kappa shape index (κ3) is 4.29. The Labute approximate surface area is 126 Å². The number of rotatable bonds is 7. The molecule has 21 heavy (non-hydrogen) atoms. The first-order chi connectivity index (χ1) is 10.1. The van der Waals surface area contributed by atoms with Crippen LogP contribution in [0, 0.1) is 0 Å². The van der Waals surface area contributed by atoms with Crippen molar-refractivity contribution in [1.82, 2.24) is 19.8 Å². The molecule has 0 aliphatic carbocycles. The smallest absolute Gasteiger partial charge is 0.216 e. The summed E-state index contributed by atoms with van der Waals surface area (Å²) in [5.74, 6) is 1.05. The topological polar surface area (TPSA) is 50.2 Å². The zero-order valence-corrected chi connectivity index (χ0v) is 13.1. The first kappa shape index (κ1) is 15.5. The fourth-order valence-corrected chi connectivity index (χ4v) is 2.46. The summed E-state index contributed by atoms with van der Waals surface area (Å²) in [6.07, 6.45) is 1.84. The van der Waals surface area contributed by atoms with Gasteiger partial charge in [-0.3, -0.25) is 4.79 Å². The average molecular weight is 288 g/mol. The molecule has 5 nitrogen and oxygen atoms in total. The number of carbonyl (C=O) groups is 1. The van der Waals surface area contributed by atoms with Crippen LogP contribution < -0.4 is 5.32 Å². The second kappa shape index (κ2) is 7.22. The van der Waals surface area contributed by atoms with E-state index in [0.717, 1.165) is 37.3 Å². The molecule has 114 valence electrons. The third-order valence-corrected chi connectivity index (χ3v) is 3.44. The van der Waals surface area contributed by atoms with Gasteiger partial charge in [0.05, 0.1) is 11.0 Å². The molecule has 0 spiro atoms. The van der Waals surface area contributed by atoms with Crippen molar-refractivity contribution in [3.05, 3.63) is 30.1 Å². The molecule has 0 bridgehead atoms. The molecule has 0 atom stereocenters. The Bertz CT molecular complexity index is 603. The first-order valence-corrected chi connectivity index (χ1v) is 7.41. The van der Waals surface area contributed by atoms with Gasteiger partial charge in [-0.1, -0.05) is 12.1 Å². The molecule has 1 aromatic carbocycles. The van der Waals surface area contributed by atoms with E-state index in [2.05, 4.69) is 34.9 Å². The lowest BCUT2D eigenvalue weighted by Crippen LogP contribution is -2.23. The Balaban J connectivity index is 2.15. The summed E-state index contributed by atoms with van der Waals surface area (Å²) in [7, 11) is 4.17. The minimum atomic E-state index is 0.00488. The molecule has 1 heterocycles. The van der Waals surface area contributed by atoms with Crippen LogP contribution in [0.4, 0.5) is 0 Å². The Kier molecular flexibility index (Phi) is 5.33. The molecule has 0 unspecified atom stereocenters. The highest BCUT2D eigenvalue weighted by Gasteiger charge is 2.10. The van der Waals surface area contributed by atoms with Crippen LogP contribution in [0.3, 0.4) is 0 Å². The summed E-state index contributed by atoms with van der Waals surface area (Å²) in [5.41, 5.74) is 2.20. The van der Waals surface area contributed by atoms with Gasteiger partial charge in [-0.25, -0.2) is 4.98 Å². The van der Waals surface area contributed by atoms with Gasteiger partial charge in [0.2, 0.25) is 5.91 Å². The summed E-state index contributed by atoms with van der Waals surface area (Å²) in [4.78, 5) is 17.9. The van der Waals surface area contributed by atoms with Crippen molar-refractivity contribution >= 4 is 16.9 Å². The van der Waals surface area contributed by atoms with Crippen LogP contribution in [0.25, 0.3) is 11.0 Å². The minimum Gasteiger partial charge on any atom is -0.356 e. The van der Waals surface area contributed by atoms with Crippen LogP contribution in [0.15, 0.2) is 24.3 Å². The lowest BCUT2D eigenvalue weighted by atomic mass is 10.3. The molecule has 0 fully saturated rings. The molecule has 1 amide bonds. The average Bonchev–Trinajstić information content (AvgIpc) is 2.76. The summed E-state index contributed by atoms with van der Waals surface area (Å²) < 4.78 is 2.28. The first-order valence-electron chi connectivity index (χ1n) is 7.41. The Morgan fingerprint density at radius 3 is 2.81 bits per heavy atom. The normalized spacial score (nSPS) is 11.2. The van der Waals surface area contributed by atoms with Gasteiger partial charge in [0.1, 0.15) is 5.82 Å². The van der Waals surface area contributed by atoms with Gasteiger partial charge < -0.3 is 14.8 Å². The molecule has 0 aliphatic heterocycles. The maximum Gasteiger partial charge on any atom is 0.216 e. The number of aryl methyl sites for hydroxylation is 1. The Hall–Kier alpha value is -1.88. The van der Waals surface area contributed by atoms with Gasteiger partial charge in [-0.2, -0.15) is 0 Å². The highest BCUT2D eigenvalue weighted by Crippen LogP contribution is 2.17. The lowest BCUT2D eigenvalue weighted by Gasteiger charge is -2.12. The van der Waals surface area contributed by atoms with Crippen molar-refractivity contribution < 1.29 is 4.79 Å². The van der Waals surface area contributed by atoms with E-state index in [1.807, 2.05) is 18.2 Å². The SMILES string of the molecule is CC(=O)NCCc1nc2ccccc2n1CCCN(C)C. The Morgan fingerprint density at radius 1 is 1.33 bits per heavy atom. The molecule has 0 saturated carbocycles. The highest BCUT2D eigenvalue weighted by molar-refractivity contribution is 5.76. The number of fused-ring (bicyclic) bond motifs is 1. The number of carbonyl (C=O) groups excluding carboxylic acids is 1. The maximum atomic E-state index is 11.0. The van der Waals surface area contributed by atoms with E-state index >= 15 is 0 Å². The lowest BCUT2D eigenvalue weighted by molar-refractivity contribution is -0.118. The zero-order chi connectivity index (χ0) is 15.2. The van der Waals surface area contributed by atoms with Crippen LogP contribution in [-0.2, 0) is 17.8 Å². The predicted octanol–water partition coefficient (Wildman–Crippen LogP) is 1.67. The summed E-state index contributed by atoms with van der Waals surface area (Å²) in [6.45, 7) is 4.18. The molecular weight excluding hydrogens is 264 g/mol. The third-order valence-electron chi connectivity index (χ3n) is 3.44. The van der Waals surface area contributed by atoms with E-state index in [0.29, 0.717) is 6.54 Å². The van der Waals surface area contributed by atoms with Crippen LogP contribution in [0.5, 0.6) is 0 Å². The van der Waals surface area contributed by atoms with Gasteiger partial charge >= 0.3 is 0 Å². The van der Waals surface area contributed by atoms with Gasteiger partial charge in [-0.05, 0) is 39.2 Å². The number of amides is 1. The minimum absolute atomic E-state index is 0.00488. The number of hydrogen-bond donors (Lipinski definition) is 1. The molecular formula is C16H24N4O. The van der Waals surface area contributed by atoms with Crippen molar-refractivity contribution in [3.63, 3.8) is 0 Å². The second-order valence-electron chi connectivity index (χ2n) is 5.56.